The fourth-order valence-corrected chi connectivity index (χ4v) is 0.861. The SMILES string of the molecule is CC(C)(C)C(OC(=O)OCCl)C(=O)O. The Morgan fingerprint density at radius 2 is 1.93 bits per heavy atom. The predicted molar refractivity (Wildman–Crippen MR) is 49.2 cm³/mol. The molecular formula is C8H13ClO5. The van der Waals surface area contributed by atoms with Gasteiger partial charge in [0.2, 0.25) is 6.10 Å². The van der Waals surface area contributed by atoms with Crippen LogP contribution in [0.1, 0.15) is 20.8 Å². The van der Waals surface area contributed by atoms with Crippen molar-refractivity contribution in [3.63, 3.8) is 0 Å². The molecule has 0 bridgehead atoms. The highest BCUT2D eigenvalue weighted by Gasteiger charge is 2.35. The molecule has 0 saturated carbocycles. The molecule has 0 fully saturated rings. The molecule has 1 atom stereocenters. The molecule has 6 heteroatoms. The summed E-state index contributed by atoms with van der Waals surface area (Å²) in [7, 11) is 0. The Bertz CT molecular complexity index is 220. The van der Waals surface area contributed by atoms with Gasteiger partial charge in [0.1, 0.15) is 0 Å². The first kappa shape index (κ1) is 13.0. The lowest BCUT2D eigenvalue weighted by molar-refractivity contribution is -0.154. The molecule has 1 unspecified atom stereocenters. The van der Waals surface area contributed by atoms with E-state index in [2.05, 4.69) is 9.47 Å². The molecule has 0 aromatic rings. The van der Waals surface area contributed by atoms with E-state index in [1.54, 1.807) is 20.8 Å². The topological polar surface area (TPSA) is 72.8 Å². The van der Waals surface area contributed by atoms with Gasteiger partial charge in [-0.3, -0.25) is 0 Å². The standard InChI is InChI=1S/C8H13ClO5/c1-8(2,3)5(6(10)11)14-7(12)13-4-9/h5H,4H2,1-3H3,(H,10,11). The van der Waals surface area contributed by atoms with Crippen LogP contribution in [0, 0.1) is 5.41 Å². The molecule has 0 aromatic heterocycles. The van der Waals surface area contributed by atoms with Crippen LogP contribution in [-0.2, 0) is 14.3 Å². The van der Waals surface area contributed by atoms with Crippen LogP contribution in [0.4, 0.5) is 4.79 Å². The highest BCUT2D eigenvalue weighted by Crippen LogP contribution is 2.22. The summed E-state index contributed by atoms with van der Waals surface area (Å²) in [6.07, 6.45) is -2.33. The summed E-state index contributed by atoms with van der Waals surface area (Å²) in [4.78, 5) is 21.5. The van der Waals surface area contributed by atoms with Crippen molar-refractivity contribution in [2.45, 2.75) is 26.9 Å². The van der Waals surface area contributed by atoms with E-state index in [4.69, 9.17) is 16.7 Å². The van der Waals surface area contributed by atoms with Crippen LogP contribution in [0.5, 0.6) is 0 Å². The summed E-state index contributed by atoms with van der Waals surface area (Å²) >= 11 is 5.10. The van der Waals surface area contributed by atoms with Gasteiger partial charge >= 0.3 is 12.1 Å². The molecule has 0 aliphatic rings. The Kier molecular flexibility index (Phi) is 4.70. The lowest BCUT2D eigenvalue weighted by atomic mass is 9.89. The number of alkyl halides is 1. The first-order valence-corrected chi connectivity index (χ1v) is 4.44. The Hall–Kier alpha value is -0.970. The summed E-state index contributed by atoms with van der Waals surface area (Å²) in [5.74, 6) is -1.22. The second-order valence-corrected chi connectivity index (χ2v) is 3.92. The van der Waals surface area contributed by atoms with Gasteiger partial charge in [-0.25, -0.2) is 9.59 Å². The van der Waals surface area contributed by atoms with E-state index in [0.29, 0.717) is 0 Å². The van der Waals surface area contributed by atoms with Crippen LogP contribution in [0.2, 0.25) is 0 Å². The van der Waals surface area contributed by atoms with Crippen LogP contribution in [0.25, 0.3) is 0 Å². The number of hydrogen-bond acceptors (Lipinski definition) is 4. The Morgan fingerprint density at radius 1 is 1.43 bits per heavy atom. The number of aliphatic carboxylic acids is 1. The lowest BCUT2D eigenvalue weighted by Crippen LogP contribution is -2.38. The van der Waals surface area contributed by atoms with Gasteiger partial charge in [-0.1, -0.05) is 32.4 Å². The second kappa shape index (κ2) is 5.05. The maximum absolute atomic E-state index is 10.8. The van der Waals surface area contributed by atoms with Crippen LogP contribution in [-0.4, -0.2) is 29.4 Å². The van der Waals surface area contributed by atoms with E-state index in [0.717, 1.165) is 0 Å². The van der Waals surface area contributed by atoms with Crippen molar-refractivity contribution in [2.75, 3.05) is 6.07 Å². The van der Waals surface area contributed by atoms with Gasteiger partial charge in [0.05, 0.1) is 0 Å². The van der Waals surface area contributed by atoms with E-state index in [1.807, 2.05) is 0 Å². The molecule has 1 N–H and O–H groups in total. The number of carbonyl (C=O) groups is 2. The first-order chi connectivity index (χ1) is 6.29. The van der Waals surface area contributed by atoms with Crippen molar-refractivity contribution in [1.82, 2.24) is 0 Å². The summed E-state index contributed by atoms with van der Waals surface area (Å²) in [6, 6.07) is -0.366. The monoisotopic (exact) mass is 224 g/mol. The number of ether oxygens (including phenoxy) is 2. The first-order valence-electron chi connectivity index (χ1n) is 3.91. The fourth-order valence-electron chi connectivity index (χ4n) is 0.772. The Morgan fingerprint density at radius 3 is 2.21 bits per heavy atom. The predicted octanol–water partition coefficient (Wildman–Crippen LogP) is 1.84. The zero-order valence-electron chi connectivity index (χ0n) is 8.24. The number of halogens is 1. The maximum atomic E-state index is 10.8. The lowest BCUT2D eigenvalue weighted by Gasteiger charge is -2.25. The minimum atomic E-state index is -1.25. The van der Waals surface area contributed by atoms with Gasteiger partial charge in [-0.2, -0.15) is 0 Å². The van der Waals surface area contributed by atoms with E-state index in [9.17, 15) is 9.59 Å². The molecule has 82 valence electrons. The number of carboxylic acids is 1. The highest BCUT2D eigenvalue weighted by atomic mass is 35.5. The van der Waals surface area contributed by atoms with Crippen LogP contribution in [0.15, 0.2) is 0 Å². The molecule has 0 radical (unpaired) electrons. The molecule has 0 aliphatic heterocycles. The number of rotatable bonds is 3. The summed E-state index contributed by atoms with van der Waals surface area (Å²) < 4.78 is 8.83. The highest BCUT2D eigenvalue weighted by molar-refractivity contribution is 6.17. The van der Waals surface area contributed by atoms with Crippen molar-refractivity contribution in [3.8, 4) is 0 Å². The maximum Gasteiger partial charge on any atom is 0.510 e. The van der Waals surface area contributed by atoms with Crippen molar-refractivity contribution >= 4 is 23.7 Å². The Balaban J connectivity index is 4.40. The number of hydrogen-bond donors (Lipinski definition) is 1. The molecular weight excluding hydrogens is 212 g/mol. The van der Waals surface area contributed by atoms with Gasteiger partial charge in [0, 0.05) is 5.41 Å². The molecule has 14 heavy (non-hydrogen) atoms. The zero-order valence-corrected chi connectivity index (χ0v) is 9.00. The van der Waals surface area contributed by atoms with Gasteiger partial charge in [-0.05, 0) is 0 Å². The van der Waals surface area contributed by atoms with Crippen molar-refractivity contribution < 1.29 is 24.2 Å². The minimum absolute atomic E-state index is 0.366. The average molecular weight is 225 g/mol. The van der Waals surface area contributed by atoms with Crippen molar-refractivity contribution in [3.05, 3.63) is 0 Å². The number of carboxylic acid groups (broad SMARTS) is 1. The molecule has 0 spiro atoms. The van der Waals surface area contributed by atoms with E-state index >= 15 is 0 Å². The third-order valence-electron chi connectivity index (χ3n) is 1.40. The molecule has 0 heterocycles. The van der Waals surface area contributed by atoms with E-state index in [-0.39, 0.29) is 6.07 Å². The van der Waals surface area contributed by atoms with Crippen molar-refractivity contribution in [1.29, 1.82) is 0 Å². The van der Waals surface area contributed by atoms with Gasteiger partial charge in [0.25, 0.3) is 0 Å². The Labute approximate surface area is 86.9 Å². The second-order valence-electron chi connectivity index (χ2n) is 3.71. The largest absolute Gasteiger partial charge is 0.510 e. The number of carbonyl (C=O) groups excluding carboxylic acids is 1. The molecule has 0 rings (SSSR count). The summed E-state index contributed by atoms with van der Waals surface area (Å²) in [6.45, 7) is 4.92. The van der Waals surface area contributed by atoms with Gasteiger partial charge in [-0.15, -0.1) is 0 Å². The molecule has 0 aromatic carbocycles. The van der Waals surface area contributed by atoms with Crippen LogP contribution < -0.4 is 0 Å². The molecule has 0 amide bonds. The third-order valence-corrected chi connectivity index (χ3v) is 1.51. The quantitative estimate of drug-likeness (QED) is 0.585. The molecule has 0 saturated heterocycles. The summed E-state index contributed by atoms with van der Waals surface area (Å²) in [5, 5.41) is 8.76. The van der Waals surface area contributed by atoms with E-state index < -0.39 is 23.6 Å². The normalized spacial score (nSPS) is 13.1. The molecule has 0 aliphatic carbocycles. The molecule has 5 nitrogen and oxygen atoms in total. The van der Waals surface area contributed by atoms with Crippen molar-refractivity contribution in [2.24, 2.45) is 5.41 Å². The van der Waals surface area contributed by atoms with E-state index in [1.165, 1.54) is 0 Å². The zero-order chi connectivity index (χ0) is 11.4. The summed E-state index contributed by atoms with van der Waals surface area (Å²) in [5.41, 5.74) is -0.697. The third kappa shape index (κ3) is 4.32. The van der Waals surface area contributed by atoms with Crippen LogP contribution in [0.3, 0.4) is 0 Å². The van der Waals surface area contributed by atoms with Gasteiger partial charge < -0.3 is 14.6 Å². The van der Waals surface area contributed by atoms with Gasteiger partial charge in [0.15, 0.2) is 6.07 Å². The minimum Gasteiger partial charge on any atom is -0.478 e. The smallest absolute Gasteiger partial charge is 0.478 e. The van der Waals surface area contributed by atoms with Crippen LogP contribution >= 0.6 is 11.6 Å². The fraction of sp³-hybridized carbons (Fsp3) is 0.750. The average Bonchev–Trinajstić information content (AvgIpc) is 1.98.